The Hall–Kier alpha value is -2.08. The van der Waals surface area contributed by atoms with E-state index in [4.69, 9.17) is 4.74 Å². The first-order valence-corrected chi connectivity index (χ1v) is 8.94. The number of esters is 1. The summed E-state index contributed by atoms with van der Waals surface area (Å²) in [6.07, 6.45) is 2.79. The van der Waals surface area contributed by atoms with Crippen molar-refractivity contribution in [2.75, 3.05) is 0 Å². The Morgan fingerprint density at radius 2 is 2.08 bits per heavy atom. The summed E-state index contributed by atoms with van der Waals surface area (Å²) in [5.74, 6) is -0.328. The number of aromatic amines is 1. The highest BCUT2D eigenvalue weighted by Gasteiger charge is 2.18. The van der Waals surface area contributed by atoms with Crippen LogP contribution in [0.25, 0.3) is 0 Å². The van der Waals surface area contributed by atoms with E-state index in [0.717, 1.165) is 30.5 Å². The number of carbonyl (C=O) groups excluding carboxylic acids is 1. The van der Waals surface area contributed by atoms with Crippen molar-refractivity contribution < 1.29 is 9.53 Å². The van der Waals surface area contributed by atoms with Crippen molar-refractivity contribution >= 4 is 17.7 Å². The van der Waals surface area contributed by atoms with Crippen molar-refractivity contribution in [1.29, 1.82) is 0 Å². The summed E-state index contributed by atoms with van der Waals surface area (Å²) in [5, 5.41) is 0.0102. The molecular formula is C18H22N2O3S. The van der Waals surface area contributed by atoms with E-state index < -0.39 is 5.25 Å². The van der Waals surface area contributed by atoms with Gasteiger partial charge in [0.25, 0.3) is 5.56 Å². The maximum Gasteiger partial charge on any atom is 0.319 e. The third-order valence-corrected chi connectivity index (χ3v) is 4.37. The number of rotatable bonds is 8. The zero-order valence-electron chi connectivity index (χ0n) is 14.0. The fourth-order valence-electron chi connectivity index (χ4n) is 2.09. The van der Waals surface area contributed by atoms with E-state index >= 15 is 0 Å². The van der Waals surface area contributed by atoms with Crippen LogP contribution in [0.2, 0.25) is 0 Å². The summed E-state index contributed by atoms with van der Waals surface area (Å²) < 4.78 is 5.31. The van der Waals surface area contributed by atoms with Crippen molar-refractivity contribution in [3.8, 4) is 0 Å². The first kappa shape index (κ1) is 18.3. The number of H-pyrrole nitrogens is 1. The van der Waals surface area contributed by atoms with Crippen LogP contribution in [-0.2, 0) is 22.6 Å². The molecule has 0 bridgehead atoms. The van der Waals surface area contributed by atoms with E-state index in [0.29, 0.717) is 5.16 Å². The molecule has 2 rings (SSSR count). The normalized spacial score (nSPS) is 11.9. The lowest BCUT2D eigenvalue weighted by Gasteiger charge is -2.11. The van der Waals surface area contributed by atoms with Crippen LogP contribution < -0.4 is 5.56 Å². The zero-order chi connectivity index (χ0) is 17.4. The summed E-state index contributed by atoms with van der Waals surface area (Å²) in [5.41, 5.74) is 1.51. The Morgan fingerprint density at radius 1 is 1.33 bits per heavy atom. The van der Waals surface area contributed by atoms with Gasteiger partial charge < -0.3 is 9.72 Å². The van der Waals surface area contributed by atoms with Crippen molar-refractivity contribution in [2.24, 2.45) is 0 Å². The SMILES string of the molecule is CCCCc1cc(=O)[nH]c(SC(C)C(=O)OCc2ccccc2)n1. The van der Waals surface area contributed by atoms with Gasteiger partial charge in [0.1, 0.15) is 11.9 Å². The van der Waals surface area contributed by atoms with Gasteiger partial charge in [0.2, 0.25) is 0 Å². The van der Waals surface area contributed by atoms with Crippen LogP contribution in [0.15, 0.2) is 46.3 Å². The molecule has 0 spiro atoms. The number of hydrogen-bond acceptors (Lipinski definition) is 5. The van der Waals surface area contributed by atoms with Crippen LogP contribution in [0, 0.1) is 0 Å². The third kappa shape index (κ3) is 5.85. The van der Waals surface area contributed by atoms with Gasteiger partial charge in [-0.2, -0.15) is 0 Å². The van der Waals surface area contributed by atoms with Crippen molar-refractivity contribution in [2.45, 2.75) is 50.1 Å². The van der Waals surface area contributed by atoms with Gasteiger partial charge in [-0.3, -0.25) is 9.59 Å². The minimum Gasteiger partial charge on any atom is -0.460 e. The summed E-state index contributed by atoms with van der Waals surface area (Å²) in [6.45, 7) is 4.08. The van der Waals surface area contributed by atoms with Crippen molar-refractivity contribution in [3.05, 3.63) is 58.0 Å². The monoisotopic (exact) mass is 346 g/mol. The number of nitrogens with one attached hydrogen (secondary N) is 1. The molecule has 1 aromatic carbocycles. The minimum absolute atomic E-state index is 0.191. The number of hydrogen-bond donors (Lipinski definition) is 1. The molecule has 1 N–H and O–H groups in total. The topological polar surface area (TPSA) is 72.0 Å². The number of nitrogens with zero attached hydrogens (tertiary/aromatic N) is 1. The standard InChI is InChI=1S/C18H22N2O3S/c1-3-4-10-15-11-16(21)20-18(19-15)24-13(2)17(22)23-12-14-8-6-5-7-9-14/h5-9,11,13H,3-4,10,12H2,1-2H3,(H,19,20,21). The molecule has 24 heavy (non-hydrogen) atoms. The molecule has 6 heteroatoms. The Bertz CT molecular complexity index is 716. The Balaban J connectivity index is 1.93. The van der Waals surface area contributed by atoms with E-state index in [1.165, 1.54) is 17.8 Å². The maximum atomic E-state index is 12.1. The van der Waals surface area contributed by atoms with E-state index in [2.05, 4.69) is 16.9 Å². The van der Waals surface area contributed by atoms with Crippen LogP contribution in [0.1, 0.15) is 37.9 Å². The van der Waals surface area contributed by atoms with Gasteiger partial charge in [0, 0.05) is 11.8 Å². The quantitative estimate of drug-likeness (QED) is 0.451. The van der Waals surface area contributed by atoms with Gasteiger partial charge >= 0.3 is 5.97 Å². The van der Waals surface area contributed by atoms with E-state index in [-0.39, 0.29) is 18.1 Å². The van der Waals surface area contributed by atoms with Gasteiger partial charge in [0.05, 0.1) is 0 Å². The first-order chi connectivity index (χ1) is 11.6. The predicted molar refractivity (Wildman–Crippen MR) is 95.0 cm³/mol. The number of carbonyl (C=O) groups is 1. The molecule has 1 heterocycles. The lowest BCUT2D eigenvalue weighted by molar-refractivity contribution is -0.143. The minimum atomic E-state index is -0.446. The lowest BCUT2D eigenvalue weighted by atomic mass is 10.2. The molecule has 1 aromatic heterocycles. The van der Waals surface area contributed by atoms with Gasteiger partial charge in [-0.05, 0) is 25.3 Å². The van der Waals surface area contributed by atoms with E-state index in [9.17, 15) is 9.59 Å². The first-order valence-electron chi connectivity index (χ1n) is 8.06. The van der Waals surface area contributed by atoms with Gasteiger partial charge in [-0.1, -0.05) is 55.4 Å². The molecule has 2 aromatic rings. The summed E-state index contributed by atoms with van der Waals surface area (Å²) in [6, 6.07) is 11.0. The van der Waals surface area contributed by atoms with Gasteiger partial charge in [-0.25, -0.2) is 4.98 Å². The van der Waals surface area contributed by atoms with Crippen LogP contribution in [0.3, 0.4) is 0 Å². The fraction of sp³-hybridized carbons (Fsp3) is 0.389. The Labute approximate surface area is 145 Å². The fourth-order valence-corrected chi connectivity index (χ4v) is 2.92. The zero-order valence-corrected chi connectivity index (χ0v) is 14.8. The third-order valence-electron chi connectivity index (χ3n) is 3.40. The highest BCUT2D eigenvalue weighted by Crippen LogP contribution is 2.20. The van der Waals surface area contributed by atoms with Crippen LogP contribution in [0.4, 0.5) is 0 Å². The molecule has 0 aliphatic carbocycles. The predicted octanol–water partition coefficient (Wildman–Crippen LogP) is 3.34. The molecule has 1 unspecified atom stereocenters. The van der Waals surface area contributed by atoms with E-state index in [1.54, 1.807) is 6.92 Å². The van der Waals surface area contributed by atoms with Crippen molar-refractivity contribution in [1.82, 2.24) is 9.97 Å². The van der Waals surface area contributed by atoms with Crippen LogP contribution in [0.5, 0.6) is 0 Å². The smallest absolute Gasteiger partial charge is 0.319 e. The summed E-state index contributed by atoms with van der Waals surface area (Å²) in [7, 11) is 0. The number of thioether (sulfide) groups is 1. The van der Waals surface area contributed by atoms with Crippen LogP contribution >= 0.6 is 11.8 Å². The molecule has 0 radical (unpaired) electrons. The Morgan fingerprint density at radius 3 is 2.79 bits per heavy atom. The second-order valence-corrected chi connectivity index (χ2v) is 6.83. The highest BCUT2D eigenvalue weighted by molar-refractivity contribution is 8.00. The van der Waals surface area contributed by atoms with Crippen molar-refractivity contribution in [3.63, 3.8) is 0 Å². The molecular weight excluding hydrogens is 324 g/mol. The second-order valence-electron chi connectivity index (χ2n) is 5.50. The number of benzene rings is 1. The molecule has 0 saturated carbocycles. The molecule has 0 aliphatic heterocycles. The molecule has 0 fully saturated rings. The average Bonchev–Trinajstić information content (AvgIpc) is 2.58. The second kappa shape index (κ2) is 9.27. The van der Waals surface area contributed by atoms with E-state index in [1.807, 2.05) is 30.3 Å². The number of aromatic nitrogens is 2. The molecule has 0 amide bonds. The van der Waals surface area contributed by atoms with Gasteiger partial charge in [0.15, 0.2) is 5.16 Å². The van der Waals surface area contributed by atoms with Crippen LogP contribution in [-0.4, -0.2) is 21.2 Å². The number of unbranched alkanes of at least 4 members (excludes halogenated alkanes) is 1. The largest absolute Gasteiger partial charge is 0.460 e. The summed E-state index contributed by atoms with van der Waals surface area (Å²) in [4.78, 5) is 30.9. The molecule has 1 atom stereocenters. The van der Waals surface area contributed by atoms with Gasteiger partial charge in [-0.15, -0.1) is 0 Å². The molecule has 5 nitrogen and oxygen atoms in total. The maximum absolute atomic E-state index is 12.1. The number of ether oxygens (including phenoxy) is 1. The average molecular weight is 346 g/mol. The molecule has 128 valence electrons. The molecule has 0 aliphatic rings. The molecule has 0 saturated heterocycles. The highest BCUT2D eigenvalue weighted by atomic mass is 32.2. The number of aryl methyl sites for hydroxylation is 1. The Kier molecular flexibility index (Phi) is 7.06. The summed E-state index contributed by atoms with van der Waals surface area (Å²) >= 11 is 1.21. The lowest BCUT2D eigenvalue weighted by Crippen LogP contribution is -2.18.